The van der Waals surface area contributed by atoms with Crippen LogP contribution in [0, 0.1) is 6.92 Å². The molecule has 2 aliphatic heterocycles. The highest BCUT2D eigenvalue weighted by Gasteiger charge is 2.40. The zero-order chi connectivity index (χ0) is 17.3. The Morgan fingerprint density at radius 3 is 2.56 bits per heavy atom. The summed E-state index contributed by atoms with van der Waals surface area (Å²) in [5, 5.41) is 3.10. The second kappa shape index (κ2) is 6.88. The zero-order valence-electron chi connectivity index (χ0n) is 14.8. The Bertz CT molecular complexity index is 629. The molecule has 25 heavy (non-hydrogen) atoms. The quantitative estimate of drug-likeness (QED) is 0.899. The minimum Gasteiger partial charge on any atom is -0.348 e. The molecule has 3 fully saturated rings. The average molecular weight is 346 g/mol. The lowest BCUT2D eigenvalue weighted by Crippen LogP contribution is -2.46. The van der Waals surface area contributed by atoms with E-state index >= 15 is 0 Å². The molecule has 1 N–H and O–H groups in total. The highest BCUT2D eigenvalue weighted by Crippen LogP contribution is 2.32. The summed E-state index contributed by atoms with van der Waals surface area (Å²) in [5.74, 6) is 0.127. The van der Waals surface area contributed by atoms with Crippen LogP contribution in [0.1, 0.15) is 54.7 Å². The number of aryl methyl sites for hydroxylation is 1. The van der Waals surface area contributed by atoms with Gasteiger partial charge in [0.15, 0.2) is 5.79 Å². The Labute approximate surface area is 148 Å². The topological polar surface area (TPSA) is 76.6 Å². The third-order valence-corrected chi connectivity index (χ3v) is 5.39. The Kier molecular flexibility index (Phi) is 4.60. The van der Waals surface area contributed by atoms with Crippen molar-refractivity contribution in [2.45, 2.75) is 57.3 Å². The average Bonchev–Trinajstić information content (AvgIpc) is 3.27. The standard InChI is InChI=1S/C18H26N4O3/c1-13-12-15(16(23)20-14-4-2-3-5-14)21-17(19-13)22-8-6-18(7-9-22)24-10-11-25-18/h12,14H,2-11H2,1H3,(H,20,23). The number of aromatic nitrogens is 2. The number of carbonyl (C=O) groups is 1. The van der Waals surface area contributed by atoms with Crippen LogP contribution in [0.2, 0.25) is 0 Å². The monoisotopic (exact) mass is 346 g/mol. The van der Waals surface area contributed by atoms with Crippen LogP contribution in [0.4, 0.5) is 5.95 Å². The van der Waals surface area contributed by atoms with E-state index in [-0.39, 0.29) is 11.9 Å². The largest absolute Gasteiger partial charge is 0.348 e. The molecule has 1 saturated carbocycles. The van der Waals surface area contributed by atoms with Gasteiger partial charge in [-0.2, -0.15) is 0 Å². The molecule has 1 aliphatic carbocycles. The molecule has 2 saturated heterocycles. The molecule has 0 unspecified atom stereocenters. The van der Waals surface area contributed by atoms with Crippen LogP contribution in [0.3, 0.4) is 0 Å². The number of piperidine rings is 1. The molecule has 136 valence electrons. The van der Waals surface area contributed by atoms with Gasteiger partial charge < -0.3 is 19.7 Å². The number of rotatable bonds is 3. The van der Waals surface area contributed by atoms with E-state index in [1.54, 1.807) is 6.07 Å². The fraction of sp³-hybridized carbons (Fsp3) is 0.722. The molecule has 1 aromatic heterocycles. The van der Waals surface area contributed by atoms with E-state index < -0.39 is 5.79 Å². The summed E-state index contributed by atoms with van der Waals surface area (Å²) in [6, 6.07) is 2.06. The molecule has 0 atom stereocenters. The van der Waals surface area contributed by atoms with Crippen LogP contribution in [0.5, 0.6) is 0 Å². The highest BCUT2D eigenvalue weighted by atomic mass is 16.7. The van der Waals surface area contributed by atoms with Crippen molar-refractivity contribution in [3.8, 4) is 0 Å². The number of anilines is 1. The van der Waals surface area contributed by atoms with Gasteiger partial charge in [-0.3, -0.25) is 4.79 Å². The molecule has 0 radical (unpaired) electrons. The molecule has 4 rings (SSSR count). The van der Waals surface area contributed by atoms with Gasteiger partial charge in [0, 0.05) is 37.7 Å². The zero-order valence-corrected chi connectivity index (χ0v) is 14.8. The first-order valence-corrected chi connectivity index (χ1v) is 9.33. The van der Waals surface area contributed by atoms with Crippen molar-refractivity contribution >= 4 is 11.9 Å². The van der Waals surface area contributed by atoms with E-state index in [0.29, 0.717) is 24.9 Å². The molecule has 0 bridgehead atoms. The fourth-order valence-corrected chi connectivity index (χ4v) is 3.97. The molecule has 0 aromatic carbocycles. The predicted octanol–water partition coefficient (Wildman–Crippen LogP) is 1.80. The summed E-state index contributed by atoms with van der Waals surface area (Å²) in [5.41, 5.74) is 1.28. The minimum atomic E-state index is -0.414. The Hall–Kier alpha value is -1.73. The lowest BCUT2D eigenvalue weighted by atomic mass is 10.0. The first kappa shape index (κ1) is 16.7. The van der Waals surface area contributed by atoms with E-state index in [2.05, 4.69) is 20.2 Å². The Balaban J connectivity index is 1.45. The van der Waals surface area contributed by atoms with Crippen molar-refractivity contribution in [3.63, 3.8) is 0 Å². The second-order valence-corrected chi connectivity index (χ2v) is 7.24. The molecular formula is C18H26N4O3. The normalized spacial score (nSPS) is 23.3. The van der Waals surface area contributed by atoms with Gasteiger partial charge in [-0.05, 0) is 25.8 Å². The van der Waals surface area contributed by atoms with Crippen molar-refractivity contribution in [1.29, 1.82) is 0 Å². The first-order valence-electron chi connectivity index (χ1n) is 9.33. The van der Waals surface area contributed by atoms with Crippen molar-refractivity contribution in [2.75, 3.05) is 31.2 Å². The first-order chi connectivity index (χ1) is 12.1. The smallest absolute Gasteiger partial charge is 0.270 e. The SMILES string of the molecule is Cc1cc(C(=O)NC2CCCC2)nc(N2CCC3(CC2)OCCO3)n1. The van der Waals surface area contributed by atoms with E-state index in [1.165, 1.54) is 12.8 Å². The van der Waals surface area contributed by atoms with Gasteiger partial charge in [-0.1, -0.05) is 12.8 Å². The second-order valence-electron chi connectivity index (χ2n) is 7.24. The Morgan fingerprint density at radius 1 is 1.20 bits per heavy atom. The fourth-order valence-electron chi connectivity index (χ4n) is 3.97. The summed E-state index contributed by atoms with van der Waals surface area (Å²) in [6.07, 6.45) is 6.12. The number of ether oxygens (including phenoxy) is 2. The van der Waals surface area contributed by atoms with Crippen molar-refractivity contribution in [1.82, 2.24) is 15.3 Å². The van der Waals surface area contributed by atoms with Crippen molar-refractivity contribution in [2.24, 2.45) is 0 Å². The minimum absolute atomic E-state index is 0.0883. The number of nitrogens with one attached hydrogen (secondary N) is 1. The van der Waals surface area contributed by atoms with Gasteiger partial charge in [0.2, 0.25) is 5.95 Å². The van der Waals surface area contributed by atoms with Crippen LogP contribution < -0.4 is 10.2 Å². The van der Waals surface area contributed by atoms with Gasteiger partial charge in [0.05, 0.1) is 13.2 Å². The van der Waals surface area contributed by atoms with Gasteiger partial charge in [0.1, 0.15) is 5.69 Å². The van der Waals surface area contributed by atoms with E-state index in [0.717, 1.165) is 44.5 Å². The van der Waals surface area contributed by atoms with Crippen LogP contribution in [0.25, 0.3) is 0 Å². The molecule has 1 amide bonds. The Morgan fingerprint density at radius 2 is 1.88 bits per heavy atom. The maximum absolute atomic E-state index is 12.5. The van der Waals surface area contributed by atoms with Gasteiger partial charge in [-0.15, -0.1) is 0 Å². The summed E-state index contributed by atoms with van der Waals surface area (Å²) >= 11 is 0. The van der Waals surface area contributed by atoms with Gasteiger partial charge in [-0.25, -0.2) is 9.97 Å². The maximum Gasteiger partial charge on any atom is 0.270 e. The van der Waals surface area contributed by atoms with E-state index in [1.807, 2.05) is 6.92 Å². The molecule has 7 heteroatoms. The van der Waals surface area contributed by atoms with Crippen LogP contribution in [0.15, 0.2) is 6.07 Å². The molecule has 7 nitrogen and oxygen atoms in total. The van der Waals surface area contributed by atoms with Crippen molar-refractivity contribution < 1.29 is 14.3 Å². The summed E-state index contributed by atoms with van der Waals surface area (Å²) in [4.78, 5) is 23.7. The summed E-state index contributed by atoms with van der Waals surface area (Å²) < 4.78 is 11.5. The summed E-state index contributed by atoms with van der Waals surface area (Å²) in [7, 11) is 0. The highest BCUT2D eigenvalue weighted by molar-refractivity contribution is 5.92. The number of hydrogen-bond donors (Lipinski definition) is 1. The van der Waals surface area contributed by atoms with Crippen LogP contribution in [-0.4, -0.2) is 54.0 Å². The van der Waals surface area contributed by atoms with Crippen molar-refractivity contribution in [3.05, 3.63) is 17.5 Å². The van der Waals surface area contributed by atoms with Gasteiger partial charge in [0.25, 0.3) is 5.91 Å². The number of nitrogens with zero attached hydrogens (tertiary/aromatic N) is 3. The van der Waals surface area contributed by atoms with Gasteiger partial charge >= 0.3 is 0 Å². The van der Waals surface area contributed by atoms with E-state index in [9.17, 15) is 4.79 Å². The van der Waals surface area contributed by atoms with Crippen LogP contribution in [-0.2, 0) is 9.47 Å². The maximum atomic E-state index is 12.5. The third-order valence-electron chi connectivity index (χ3n) is 5.39. The number of carbonyl (C=O) groups excluding carboxylic acids is 1. The predicted molar refractivity (Wildman–Crippen MR) is 92.6 cm³/mol. The lowest BCUT2D eigenvalue weighted by Gasteiger charge is -2.37. The van der Waals surface area contributed by atoms with Crippen LogP contribution >= 0.6 is 0 Å². The molecule has 1 spiro atoms. The third kappa shape index (κ3) is 3.62. The van der Waals surface area contributed by atoms with E-state index in [4.69, 9.17) is 9.47 Å². The molecule has 3 heterocycles. The molecule has 1 aromatic rings. The number of hydrogen-bond acceptors (Lipinski definition) is 6. The molecule has 3 aliphatic rings. The summed E-state index contributed by atoms with van der Waals surface area (Å²) in [6.45, 7) is 4.80. The molecular weight excluding hydrogens is 320 g/mol. The number of amides is 1. The lowest BCUT2D eigenvalue weighted by molar-refractivity contribution is -0.169.